The fourth-order valence-corrected chi connectivity index (χ4v) is 1.49. The van der Waals surface area contributed by atoms with Gasteiger partial charge in [0.25, 0.3) is 0 Å². The molecule has 1 nitrogen and oxygen atoms in total. The second-order valence-electron chi connectivity index (χ2n) is 3.10. The maximum Gasteiger partial charge on any atom is 0.119 e. The molecule has 0 fully saturated rings. The summed E-state index contributed by atoms with van der Waals surface area (Å²) in [6.45, 7) is 2.12. The van der Waals surface area contributed by atoms with Gasteiger partial charge in [-0.3, -0.25) is 0 Å². The molecule has 0 saturated carbocycles. The van der Waals surface area contributed by atoms with Crippen LogP contribution in [0.25, 0.3) is 5.57 Å². The maximum atomic E-state index is 5.17. The van der Waals surface area contributed by atoms with E-state index in [9.17, 15) is 0 Å². The predicted octanol–water partition coefficient (Wildman–Crippen LogP) is 3.88. The second-order valence-corrected chi connectivity index (χ2v) is 3.89. The summed E-state index contributed by atoms with van der Waals surface area (Å²) < 4.78 is 5.17. The highest BCUT2D eigenvalue weighted by Crippen LogP contribution is 2.19. The first kappa shape index (κ1) is 11.3. The molecule has 0 aliphatic heterocycles. The van der Waals surface area contributed by atoms with Crippen LogP contribution in [-0.4, -0.2) is 12.4 Å². The van der Waals surface area contributed by atoms with Crippen LogP contribution in [-0.2, 0) is 0 Å². The first-order chi connectivity index (χ1) is 6.77. The summed E-state index contributed by atoms with van der Waals surface area (Å²) in [4.78, 5) is 0. The SMILES string of the molecule is COc1cccc(/C(C)=C/CCBr)c1. The minimum Gasteiger partial charge on any atom is -0.497 e. The van der Waals surface area contributed by atoms with Crippen molar-refractivity contribution >= 4 is 21.5 Å². The molecular formula is C12H15BrO. The monoisotopic (exact) mass is 254 g/mol. The van der Waals surface area contributed by atoms with Crippen molar-refractivity contribution in [3.05, 3.63) is 35.9 Å². The van der Waals surface area contributed by atoms with Gasteiger partial charge in [-0.15, -0.1) is 0 Å². The predicted molar refractivity (Wildman–Crippen MR) is 65.1 cm³/mol. The molecule has 0 bridgehead atoms. The smallest absolute Gasteiger partial charge is 0.119 e. The van der Waals surface area contributed by atoms with Crippen molar-refractivity contribution in [3.8, 4) is 5.75 Å². The lowest BCUT2D eigenvalue weighted by Crippen LogP contribution is -1.85. The normalized spacial score (nSPS) is 11.5. The van der Waals surface area contributed by atoms with Crippen molar-refractivity contribution in [2.24, 2.45) is 0 Å². The fraction of sp³-hybridized carbons (Fsp3) is 0.333. The molecular weight excluding hydrogens is 240 g/mol. The Morgan fingerprint density at radius 1 is 1.50 bits per heavy atom. The number of methoxy groups -OCH3 is 1. The average Bonchev–Trinajstić information content (AvgIpc) is 2.26. The molecule has 0 aliphatic carbocycles. The summed E-state index contributed by atoms with van der Waals surface area (Å²) in [6, 6.07) is 8.13. The Bertz CT molecular complexity index is 318. The van der Waals surface area contributed by atoms with Gasteiger partial charge in [-0.25, -0.2) is 0 Å². The minimum absolute atomic E-state index is 0.911. The zero-order valence-electron chi connectivity index (χ0n) is 8.59. The number of rotatable bonds is 4. The molecule has 0 aliphatic rings. The van der Waals surface area contributed by atoms with Gasteiger partial charge < -0.3 is 4.74 Å². The highest BCUT2D eigenvalue weighted by molar-refractivity contribution is 9.09. The molecule has 1 aromatic carbocycles. The largest absolute Gasteiger partial charge is 0.497 e. The van der Waals surface area contributed by atoms with Gasteiger partial charge in [0, 0.05) is 5.33 Å². The highest BCUT2D eigenvalue weighted by atomic mass is 79.9. The van der Waals surface area contributed by atoms with Crippen LogP contribution in [0.15, 0.2) is 30.3 Å². The van der Waals surface area contributed by atoms with Gasteiger partial charge in [-0.05, 0) is 36.6 Å². The van der Waals surface area contributed by atoms with E-state index < -0.39 is 0 Å². The fourth-order valence-electron chi connectivity index (χ4n) is 1.26. The Morgan fingerprint density at radius 2 is 2.29 bits per heavy atom. The molecule has 0 heterocycles. The summed E-state index contributed by atoms with van der Waals surface area (Å²) >= 11 is 3.41. The van der Waals surface area contributed by atoms with Gasteiger partial charge in [0.1, 0.15) is 5.75 Å². The van der Waals surface area contributed by atoms with Crippen LogP contribution in [0.1, 0.15) is 18.9 Å². The Kier molecular flexibility index (Phi) is 4.74. The summed E-state index contributed by atoms with van der Waals surface area (Å²) in [6.07, 6.45) is 3.28. The van der Waals surface area contributed by atoms with Crippen molar-refractivity contribution in [1.82, 2.24) is 0 Å². The van der Waals surface area contributed by atoms with Gasteiger partial charge in [0.15, 0.2) is 0 Å². The summed E-state index contributed by atoms with van der Waals surface area (Å²) in [5, 5.41) is 1.01. The van der Waals surface area contributed by atoms with Crippen LogP contribution in [0, 0.1) is 0 Å². The molecule has 76 valence electrons. The first-order valence-electron chi connectivity index (χ1n) is 4.65. The number of halogens is 1. The summed E-state index contributed by atoms with van der Waals surface area (Å²) in [5.41, 5.74) is 2.52. The van der Waals surface area contributed by atoms with Gasteiger partial charge in [0.05, 0.1) is 7.11 Å². The third kappa shape index (κ3) is 3.18. The lowest BCUT2D eigenvalue weighted by molar-refractivity contribution is 0.414. The van der Waals surface area contributed by atoms with E-state index in [0.29, 0.717) is 0 Å². The van der Waals surface area contributed by atoms with Gasteiger partial charge in [0.2, 0.25) is 0 Å². The minimum atomic E-state index is 0.911. The van der Waals surface area contributed by atoms with Crippen molar-refractivity contribution in [1.29, 1.82) is 0 Å². The number of allylic oxidation sites excluding steroid dienone is 2. The molecule has 1 aromatic rings. The molecule has 0 atom stereocenters. The van der Waals surface area contributed by atoms with Crippen LogP contribution < -0.4 is 4.74 Å². The Hall–Kier alpha value is -0.760. The molecule has 0 N–H and O–H groups in total. The van der Waals surface area contributed by atoms with E-state index in [4.69, 9.17) is 4.74 Å². The second kappa shape index (κ2) is 5.86. The Labute approximate surface area is 93.9 Å². The van der Waals surface area contributed by atoms with Crippen LogP contribution in [0.4, 0.5) is 0 Å². The van der Waals surface area contributed by atoms with Gasteiger partial charge in [-0.1, -0.05) is 34.1 Å². The van der Waals surface area contributed by atoms with Crippen molar-refractivity contribution in [2.45, 2.75) is 13.3 Å². The number of hydrogen-bond acceptors (Lipinski definition) is 1. The van der Waals surface area contributed by atoms with E-state index in [1.165, 1.54) is 11.1 Å². The Morgan fingerprint density at radius 3 is 2.93 bits per heavy atom. The molecule has 0 unspecified atom stereocenters. The molecule has 1 rings (SSSR count). The van der Waals surface area contributed by atoms with E-state index in [-0.39, 0.29) is 0 Å². The average molecular weight is 255 g/mol. The van der Waals surface area contributed by atoms with Crippen LogP contribution in [0.2, 0.25) is 0 Å². The van der Waals surface area contributed by atoms with E-state index >= 15 is 0 Å². The zero-order chi connectivity index (χ0) is 10.4. The number of alkyl halides is 1. The third-order valence-electron chi connectivity index (χ3n) is 2.08. The lowest BCUT2D eigenvalue weighted by Gasteiger charge is -2.04. The topological polar surface area (TPSA) is 9.23 Å². The van der Waals surface area contributed by atoms with Crippen molar-refractivity contribution in [2.75, 3.05) is 12.4 Å². The molecule has 0 spiro atoms. The maximum absolute atomic E-state index is 5.17. The van der Waals surface area contributed by atoms with Crippen LogP contribution >= 0.6 is 15.9 Å². The van der Waals surface area contributed by atoms with Crippen molar-refractivity contribution in [3.63, 3.8) is 0 Å². The van der Waals surface area contributed by atoms with Crippen LogP contribution in [0.3, 0.4) is 0 Å². The van der Waals surface area contributed by atoms with E-state index in [0.717, 1.165) is 17.5 Å². The summed E-state index contributed by atoms with van der Waals surface area (Å²) in [7, 11) is 1.69. The summed E-state index contributed by atoms with van der Waals surface area (Å²) in [5.74, 6) is 0.911. The zero-order valence-corrected chi connectivity index (χ0v) is 10.2. The van der Waals surface area contributed by atoms with Crippen molar-refractivity contribution < 1.29 is 4.74 Å². The number of benzene rings is 1. The van der Waals surface area contributed by atoms with E-state index in [1.54, 1.807) is 7.11 Å². The molecule has 0 radical (unpaired) electrons. The molecule has 0 saturated heterocycles. The molecule has 0 amide bonds. The van der Waals surface area contributed by atoms with E-state index in [2.05, 4.69) is 41.1 Å². The number of ether oxygens (including phenoxy) is 1. The lowest BCUT2D eigenvalue weighted by atomic mass is 10.1. The molecule has 2 heteroatoms. The van der Waals surface area contributed by atoms with E-state index in [1.807, 2.05) is 12.1 Å². The van der Waals surface area contributed by atoms with Crippen LogP contribution in [0.5, 0.6) is 5.75 Å². The Balaban J connectivity index is 2.84. The molecule has 0 aromatic heterocycles. The van der Waals surface area contributed by atoms with Gasteiger partial charge >= 0.3 is 0 Å². The quantitative estimate of drug-likeness (QED) is 0.742. The first-order valence-corrected chi connectivity index (χ1v) is 5.77. The third-order valence-corrected chi connectivity index (χ3v) is 2.54. The standard InChI is InChI=1S/C12H15BrO/c1-10(5-4-8-13)11-6-3-7-12(9-11)14-2/h3,5-7,9H,4,8H2,1-2H3/b10-5+. The van der Waals surface area contributed by atoms with Gasteiger partial charge in [-0.2, -0.15) is 0 Å². The highest BCUT2D eigenvalue weighted by Gasteiger charge is 1.96. The molecule has 14 heavy (non-hydrogen) atoms. The number of hydrogen-bond donors (Lipinski definition) is 0.